The number of hydrogen-bond acceptors (Lipinski definition) is 3. The first kappa shape index (κ1) is 20.7. The molecule has 0 saturated heterocycles. The first-order valence-electron chi connectivity index (χ1n) is 9.71. The van der Waals surface area contributed by atoms with Crippen molar-refractivity contribution >= 4 is 5.91 Å². The van der Waals surface area contributed by atoms with Crippen molar-refractivity contribution < 1.29 is 18.8 Å². The normalized spacial score (nSPS) is 10.5. The van der Waals surface area contributed by atoms with Crippen molar-refractivity contribution in [2.45, 2.75) is 47.1 Å². The van der Waals surface area contributed by atoms with Gasteiger partial charge >= 0.3 is 0 Å². The van der Waals surface area contributed by atoms with Crippen LogP contribution in [0.15, 0.2) is 36.5 Å². The molecular weight excluding hydrogens is 340 g/mol. The van der Waals surface area contributed by atoms with Crippen molar-refractivity contribution in [3.8, 4) is 11.5 Å². The van der Waals surface area contributed by atoms with Gasteiger partial charge in [-0.2, -0.15) is 4.57 Å². The molecule has 1 N–H and O–H groups in total. The third kappa shape index (κ3) is 6.27. The maximum absolute atomic E-state index is 12.3. The Hall–Kier alpha value is -2.56. The molecule has 146 valence electrons. The van der Waals surface area contributed by atoms with Crippen LogP contribution in [0.2, 0.25) is 0 Å². The van der Waals surface area contributed by atoms with Gasteiger partial charge in [0, 0.05) is 25.1 Å². The standard InChI is InChI=1S/C22H30N2O3/c1-5-18-9-8-17(4)24(15-18)16-22(25)23-13-12-19-10-11-20(26-6-2)21(14-19)27-7-3/h8-11,14-15H,5-7,12-13,16H2,1-4H3/p+1. The van der Waals surface area contributed by atoms with Crippen LogP contribution in [0.5, 0.6) is 11.5 Å². The lowest BCUT2D eigenvalue weighted by Crippen LogP contribution is -2.45. The molecule has 0 fully saturated rings. The average Bonchev–Trinajstić information content (AvgIpc) is 2.66. The van der Waals surface area contributed by atoms with Crippen molar-refractivity contribution in [3.05, 3.63) is 53.3 Å². The Morgan fingerprint density at radius 1 is 1.00 bits per heavy atom. The van der Waals surface area contributed by atoms with Gasteiger partial charge in [-0.15, -0.1) is 0 Å². The third-order valence-electron chi connectivity index (χ3n) is 4.38. The average molecular weight is 372 g/mol. The van der Waals surface area contributed by atoms with E-state index in [0.29, 0.717) is 26.3 Å². The fourth-order valence-electron chi connectivity index (χ4n) is 2.86. The monoisotopic (exact) mass is 371 g/mol. The van der Waals surface area contributed by atoms with Crippen molar-refractivity contribution in [3.63, 3.8) is 0 Å². The first-order valence-corrected chi connectivity index (χ1v) is 9.71. The number of rotatable bonds is 10. The summed E-state index contributed by atoms with van der Waals surface area (Å²) in [5.41, 5.74) is 3.42. The van der Waals surface area contributed by atoms with Crippen molar-refractivity contribution in [2.75, 3.05) is 19.8 Å². The van der Waals surface area contributed by atoms with Gasteiger partial charge in [0.15, 0.2) is 23.4 Å². The fraction of sp³-hybridized carbons (Fsp3) is 0.455. The second kappa shape index (κ2) is 10.6. The van der Waals surface area contributed by atoms with E-state index in [9.17, 15) is 4.79 Å². The van der Waals surface area contributed by atoms with Gasteiger partial charge in [-0.25, -0.2) is 0 Å². The summed E-state index contributed by atoms with van der Waals surface area (Å²) in [6, 6.07) is 10.1. The lowest BCUT2D eigenvalue weighted by molar-refractivity contribution is -0.690. The van der Waals surface area contributed by atoms with Gasteiger partial charge in [0.05, 0.1) is 13.2 Å². The van der Waals surface area contributed by atoms with E-state index in [4.69, 9.17) is 9.47 Å². The Bertz CT molecular complexity index is 759. The minimum atomic E-state index is 0.0207. The molecular formula is C22H31N2O3+. The maximum Gasteiger partial charge on any atom is 0.286 e. The van der Waals surface area contributed by atoms with E-state index in [-0.39, 0.29) is 5.91 Å². The summed E-state index contributed by atoms with van der Waals surface area (Å²) >= 11 is 0. The Morgan fingerprint density at radius 2 is 1.70 bits per heavy atom. The Balaban J connectivity index is 1.90. The molecule has 0 radical (unpaired) electrons. The number of ether oxygens (including phenoxy) is 2. The molecule has 5 nitrogen and oxygen atoms in total. The Morgan fingerprint density at radius 3 is 2.41 bits per heavy atom. The van der Waals surface area contributed by atoms with Crippen LogP contribution in [-0.2, 0) is 24.2 Å². The molecule has 0 saturated carbocycles. The number of pyridine rings is 1. The molecule has 1 aromatic heterocycles. The Kier molecular flexibility index (Phi) is 8.11. The summed E-state index contributed by atoms with van der Waals surface area (Å²) in [4.78, 5) is 12.3. The molecule has 2 aromatic rings. The number of carbonyl (C=O) groups excluding carboxylic acids is 1. The molecule has 0 spiro atoms. The highest BCUT2D eigenvalue weighted by Crippen LogP contribution is 2.28. The quantitative estimate of drug-likeness (QED) is 0.653. The molecule has 27 heavy (non-hydrogen) atoms. The van der Waals surface area contributed by atoms with E-state index < -0.39 is 0 Å². The fourth-order valence-corrected chi connectivity index (χ4v) is 2.86. The predicted octanol–water partition coefficient (Wildman–Crippen LogP) is 3.00. The van der Waals surface area contributed by atoms with Gasteiger partial charge in [0.2, 0.25) is 6.54 Å². The van der Waals surface area contributed by atoms with Crippen LogP contribution in [0.4, 0.5) is 0 Å². The summed E-state index contributed by atoms with van der Waals surface area (Å²) in [5, 5.41) is 3.00. The van der Waals surface area contributed by atoms with Gasteiger partial charge < -0.3 is 14.8 Å². The van der Waals surface area contributed by atoms with Crippen LogP contribution < -0.4 is 19.4 Å². The van der Waals surface area contributed by atoms with Gasteiger partial charge in [-0.1, -0.05) is 13.0 Å². The minimum Gasteiger partial charge on any atom is -0.490 e. The molecule has 0 aliphatic heterocycles. The van der Waals surface area contributed by atoms with Crippen LogP contribution in [0.3, 0.4) is 0 Å². The Labute approximate surface area is 162 Å². The molecule has 1 heterocycles. The molecule has 1 amide bonds. The van der Waals surface area contributed by atoms with Crippen LogP contribution >= 0.6 is 0 Å². The highest BCUT2D eigenvalue weighted by molar-refractivity contribution is 5.74. The van der Waals surface area contributed by atoms with E-state index in [1.807, 2.05) is 43.5 Å². The summed E-state index contributed by atoms with van der Waals surface area (Å²) < 4.78 is 13.2. The highest BCUT2D eigenvalue weighted by atomic mass is 16.5. The molecule has 2 rings (SSSR count). The molecule has 0 aliphatic rings. The van der Waals surface area contributed by atoms with Gasteiger partial charge in [0.1, 0.15) is 0 Å². The summed E-state index contributed by atoms with van der Waals surface area (Å²) in [6.07, 6.45) is 3.76. The van der Waals surface area contributed by atoms with Crippen LogP contribution in [0, 0.1) is 6.92 Å². The number of amides is 1. The summed E-state index contributed by atoms with van der Waals surface area (Å²) in [6.45, 7) is 10.2. The van der Waals surface area contributed by atoms with E-state index in [1.54, 1.807) is 0 Å². The molecule has 0 bridgehead atoms. The van der Waals surface area contributed by atoms with Crippen molar-refractivity contribution in [1.82, 2.24) is 5.32 Å². The van der Waals surface area contributed by atoms with Gasteiger partial charge in [-0.05, 0) is 50.5 Å². The summed E-state index contributed by atoms with van der Waals surface area (Å²) in [7, 11) is 0. The molecule has 0 atom stereocenters. The zero-order valence-electron chi connectivity index (χ0n) is 16.9. The number of nitrogens with one attached hydrogen (secondary N) is 1. The zero-order valence-corrected chi connectivity index (χ0v) is 16.9. The maximum atomic E-state index is 12.3. The molecule has 0 aliphatic carbocycles. The van der Waals surface area contributed by atoms with Crippen molar-refractivity contribution in [2.24, 2.45) is 0 Å². The van der Waals surface area contributed by atoms with E-state index in [0.717, 1.165) is 35.6 Å². The van der Waals surface area contributed by atoms with Crippen LogP contribution in [0.1, 0.15) is 37.6 Å². The van der Waals surface area contributed by atoms with E-state index in [1.165, 1.54) is 5.56 Å². The number of hydrogen-bond donors (Lipinski definition) is 1. The second-order valence-electron chi connectivity index (χ2n) is 6.41. The topological polar surface area (TPSA) is 51.4 Å². The summed E-state index contributed by atoms with van der Waals surface area (Å²) in [5.74, 6) is 1.54. The molecule has 1 aromatic carbocycles. The van der Waals surface area contributed by atoms with Crippen molar-refractivity contribution in [1.29, 1.82) is 0 Å². The van der Waals surface area contributed by atoms with Gasteiger partial charge in [0.25, 0.3) is 5.91 Å². The van der Waals surface area contributed by atoms with Gasteiger partial charge in [-0.3, -0.25) is 4.79 Å². The third-order valence-corrected chi connectivity index (χ3v) is 4.38. The molecule has 5 heteroatoms. The first-order chi connectivity index (χ1) is 13.1. The largest absolute Gasteiger partial charge is 0.490 e. The van der Waals surface area contributed by atoms with Crippen LogP contribution in [0.25, 0.3) is 0 Å². The number of nitrogens with zero attached hydrogens (tertiary/aromatic N) is 1. The molecule has 0 unspecified atom stereocenters. The SMILES string of the molecule is CCOc1ccc(CCNC(=O)C[n+]2cc(CC)ccc2C)cc1OCC. The van der Waals surface area contributed by atoms with E-state index >= 15 is 0 Å². The zero-order chi connectivity index (χ0) is 19.6. The second-order valence-corrected chi connectivity index (χ2v) is 6.41. The number of carbonyl (C=O) groups is 1. The smallest absolute Gasteiger partial charge is 0.286 e. The predicted molar refractivity (Wildman–Crippen MR) is 106 cm³/mol. The number of aryl methyl sites for hydroxylation is 2. The number of aromatic nitrogens is 1. The number of benzene rings is 1. The lowest BCUT2D eigenvalue weighted by atomic mass is 10.1. The highest BCUT2D eigenvalue weighted by Gasteiger charge is 2.13. The lowest BCUT2D eigenvalue weighted by Gasteiger charge is -2.12. The minimum absolute atomic E-state index is 0.0207. The van der Waals surface area contributed by atoms with E-state index in [2.05, 4.69) is 30.6 Å². The van der Waals surface area contributed by atoms with Crippen LogP contribution in [-0.4, -0.2) is 25.7 Å².